The van der Waals surface area contributed by atoms with Crippen LogP contribution in [0.4, 0.5) is 5.69 Å². The predicted octanol–water partition coefficient (Wildman–Crippen LogP) is -1.79. The standard InChI is InChI=1S/C11H18N6O3/c1-3-17-10(9(14)6(2)15-17)11(20)16(4-7(12)18)5-8(13)19/h3-5,14H2,1-2H3,(H2,12,18)(H2,13,19). The molecule has 0 aliphatic carbocycles. The lowest BCUT2D eigenvalue weighted by Crippen LogP contribution is -2.44. The largest absolute Gasteiger partial charge is 0.395 e. The van der Waals surface area contributed by atoms with E-state index in [-0.39, 0.29) is 11.4 Å². The van der Waals surface area contributed by atoms with Gasteiger partial charge in [-0.1, -0.05) is 0 Å². The van der Waals surface area contributed by atoms with Gasteiger partial charge in [0, 0.05) is 6.54 Å². The molecule has 110 valence electrons. The second-order valence-corrected chi connectivity index (χ2v) is 4.26. The van der Waals surface area contributed by atoms with Crippen molar-refractivity contribution in [3.8, 4) is 0 Å². The zero-order valence-electron chi connectivity index (χ0n) is 11.4. The first-order valence-electron chi connectivity index (χ1n) is 5.96. The van der Waals surface area contributed by atoms with Crippen LogP contribution in [-0.4, -0.2) is 45.5 Å². The van der Waals surface area contributed by atoms with Gasteiger partial charge in [-0.25, -0.2) is 0 Å². The summed E-state index contributed by atoms with van der Waals surface area (Å²) in [6.07, 6.45) is 0. The number of primary amides is 2. The molecule has 3 amide bonds. The lowest BCUT2D eigenvalue weighted by molar-refractivity contribution is -0.121. The van der Waals surface area contributed by atoms with Crippen molar-refractivity contribution in [2.24, 2.45) is 11.5 Å². The molecule has 1 heterocycles. The smallest absolute Gasteiger partial charge is 0.275 e. The number of anilines is 1. The zero-order valence-corrected chi connectivity index (χ0v) is 11.4. The first kappa shape index (κ1) is 15.5. The van der Waals surface area contributed by atoms with E-state index in [9.17, 15) is 14.4 Å². The maximum Gasteiger partial charge on any atom is 0.275 e. The molecule has 6 N–H and O–H groups in total. The Bertz CT molecular complexity index is 535. The van der Waals surface area contributed by atoms with Crippen molar-refractivity contribution < 1.29 is 14.4 Å². The lowest BCUT2D eigenvalue weighted by Gasteiger charge is -2.20. The van der Waals surface area contributed by atoms with Crippen LogP contribution in [0.2, 0.25) is 0 Å². The van der Waals surface area contributed by atoms with Gasteiger partial charge in [-0.2, -0.15) is 5.10 Å². The number of nitrogens with two attached hydrogens (primary N) is 3. The topological polar surface area (TPSA) is 150 Å². The maximum absolute atomic E-state index is 12.4. The molecular weight excluding hydrogens is 264 g/mol. The monoisotopic (exact) mass is 282 g/mol. The number of rotatable bonds is 6. The van der Waals surface area contributed by atoms with Gasteiger partial charge in [0.25, 0.3) is 5.91 Å². The van der Waals surface area contributed by atoms with E-state index in [0.29, 0.717) is 12.2 Å². The van der Waals surface area contributed by atoms with Gasteiger partial charge in [0.2, 0.25) is 11.8 Å². The Morgan fingerprint density at radius 1 is 1.20 bits per heavy atom. The van der Waals surface area contributed by atoms with E-state index in [1.54, 1.807) is 13.8 Å². The molecule has 0 aliphatic heterocycles. The fourth-order valence-corrected chi connectivity index (χ4v) is 1.78. The Hall–Kier alpha value is -2.58. The second kappa shape index (κ2) is 6.04. The molecule has 0 unspecified atom stereocenters. The van der Waals surface area contributed by atoms with Crippen molar-refractivity contribution in [3.63, 3.8) is 0 Å². The zero-order chi connectivity index (χ0) is 15.4. The van der Waals surface area contributed by atoms with Crippen molar-refractivity contribution >= 4 is 23.4 Å². The summed E-state index contributed by atoms with van der Waals surface area (Å²) in [4.78, 5) is 35.3. The van der Waals surface area contributed by atoms with E-state index in [1.807, 2.05) is 0 Å². The van der Waals surface area contributed by atoms with E-state index in [4.69, 9.17) is 17.2 Å². The Balaban J connectivity index is 3.17. The van der Waals surface area contributed by atoms with Crippen molar-refractivity contribution in [2.75, 3.05) is 18.8 Å². The minimum Gasteiger partial charge on any atom is -0.395 e. The Morgan fingerprint density at radius 3 is 2.10 bits per heavy atom. The molecule has 0 saturated carbocycles. The van der Waals surface area contributed by atoms with Crippen LogP contribution in [0.5, 0.6) is 0 Å². The number of nitrogen functional groups attached to an aromatic ring is 1. The highest BCUT2D eigenvalue weighted by molar-refractivity contribution is 6.01. The Labute approximate surface area is 115 Å². The fourth-order valence-electron chi connectivity index (χ4n) is 1.78. The lowest BCUT2D eigenvalue weighted by atomic mass is 10.2. The van der Waals surface area contributed by atoms with Crippen molar-refractivity contribution in [1.82, 2.24) is 14.7 Å². The van der Waals surface area contributed by atoms with Crippen LogP contribution < -0.4 is 17.2 Å². The number of nitrogens with zero attached hydrogens (tertiary/aromatic N) is 3. The molecule has 9 nitrogen and oxygen atoms in total. The van der Waals surface area contributed by atoms with Crippen LogP contribution in [0.3, 0.4) is 0 Å². The van der Waals surface area contributed by atoms with Gasteiger partial charge < -0.3 is 22.1 Å². The number of aromatic nitrogens is 2. The summed E-state index contributed by atoms with van der Waals surface area (Å²) in [5.74, 6) is -2.11. The average Bonchev–Trinajstić information content (AvgIpc) is 2.62. The number of carbonyl (C=O) groups is 3. The van der Waals surface area contributed by atoms with Crippen molar-refractivity contribution in [3.05, 3.63) is 11.4 Å². The normalized spacial score (nSPS) is 10.3. The first-order chi connectivity index (χ1) is 9.27. The van der Waals surface area contributed by atoms with Gasteiger partial charge in [-0.3, -0.25) is 19.1 Å². The van der Waals surface area contributed by atoms with Gasteiger partial charge in [0.15, 0.2) is 0 Å². The number of amides is 3. The number of carbonyl (C=O) groups excluding carboxylic acids is 3. The summed E-state index contributed by atoms with van der Waals surface area (Å²) < 4.78 is 1.40. The third-order valence-corrected chi connectivity index (χ3v) is 2.66. The van der Waals surface area contributed by atoms with Crippen LogP contribution in [0.15, 0.2) is 0 Å². The molecule has 1 aromatic rings. The van der Waals surface area contributed by atoms with Crippen LogP contribution in [0.1, 0.15) is 23.1 Å². The second-order valence-electron chi connectivity index (χ2n) is 4.26. The fraction of sp³-hybridized carbons (Fsp3) is 0.455. The van der Waals surface area contributed by atoms with Gasteiger partial charge in [-0.05, 0) is 13.8 Å². The summed E-state index contributed by atoms with van der Waals surface area (Å²) in [5.41, 5.74) is 16.8. The highest BCUT2D eigenvalue weighted by Crippen LogP contribution is 2.18. The van der Waals surface area contributed by atoms with Crippen LogP contribution in [0, 0.1) is 6.92 Å². The van der Waals surface area contributed by atoms with Crippen molar-refractivity contribution in [2.45, 2.75) is 20.4 Å². The molecule has 0 atom stereocenters. The quantitative estimate of drug-likeness (QED) is 0.562. The molecule has 0 spiro atoms. The van der Waals surface area contributed by atoms with E-state index >= 15 is 0 Å². The van der Waals surface area contributed by atoms with Gasteiger partial charge in [0.05, 0.1) is 11.4 Å². The molecule has 9 heteroatoms. The molecule has 1 rings (SSSR count). The van der Waals surface area contributed by atoms with Gasteiger partial charge in [-0.15, -0.1) is 0 Å². The molecule has 0 saturated heterocycles. The third-order valence-electron chi connectivity index (χ3n) is 2.66. The molecule has 0 fully saturated rings. The molecule has 0 aliphatic rings. The van der Waals surface area contributed by atoms with Crippen LogP contribution in [-0.2, 0) is 16.1 Å². The highest BCUT2D eigenvalue weighted by Gasteiger charge is 2.26. The van der Waals surface area contributed by atoms with Crippen LogP contribution in [0.25, 0.3) is 0 Å². The van der Waals surface area contributed by atoms with E-state index in [0.717, 1.165) is 4.90 Å². The molecule has 20 heavy (non-hydrogen) atoms. The Kier molecular flexibility index (Phi) is 4.68. The summed E-state index contributed by atoms with van der Waals surface area (Å²) in [6, 6.07) is 0. The van der Waals surface area contributed by atoms with Crippen LogP contribution >= 0.6 is 0 Å². The SMILES string of the molecule is CCn1nc(C)c(N)c1C(=O)N(CC(N)=O)CC(N)=O. The maximum atomic E-state index is 12.4. The molecule has 1 aromatic heterocycles. The number of hydrogen-bond acceptors (Lipinski definition) is 5. The molecule has 0 radical (unpaired) electrons. The minimum absolute atomic E-state index is 0.118. The summed E-state index contributed by atoms with van der Waals surface area (Å²) in [6.45, 7) is 3.02. The number of aryl methyl sites for hydroxylation is 2. The first-order valence-corrected chi connectivity index (χ1v) is 5.96. The summed E-state index contributed by atoms with van der Waals surface area (Å²) in [7, 11) is 0. The number of hydrogen-bond donors (Lipinski definition) is 3. The molecule has 0 bridgehead atoms. The van der Waals surface area contributed by atoms with E-state index in [1.165, 1.54) is 4.68 Å². The highest BCUT2D eigenvalue weighted by atomic mass is 16.2. The third kappa shape index (κ3) is 3.25. The van der Waals surface area contributed by atoms with Gasteiger partial charge in [0.1, 0.15) is 18.8 Å². The summed E-state index contributed by atoms with van der Waals surface area (Å²) >= 11 is 0. The minimum atomic E-state index is -0.752. The van der Waals surface area contributed by atoms with E-state index in [2.05, 4.69) is 5.10 Å². The molecular formula is C11H18N6O3. The summed E-state index contributed by atoms with van der Waals surface area (Å²) in [5, 5.41) is 4.10. The average molecular weight is 282 g/mol. The van der Waals surface area contributed by atoms with E-state index < -0.39 is 30.8 Å². The van der Waals surface area contributed by atoms with Gasteiger partial charge >= 0.3 is 0 Å². The predicted molar refractivity (Wildman–Crippen MR) is 71.3 cm³/mol. The molecule has 0 aromatic carbocycles. The van der Waals surface area contributed by atoms with Crippen molar-refractivity contribution in [1.29, 1.82) is 0 Å². The Morgan fingerprint density at radius 2 is 1.70 bits per heavy atom.